The first-order valence-electron chi connectivity index (χ1n) is 10.5. The van der Waals surface area contributed by atoms with Gasteiger partial charge < -0.3 is 19.9 Å². The van der Waals surface area contributed by atoms with Crippen LogP contribution in [0, 0.1) is 0 Å². The fourth-order valence-electron chi connectivity index (χ4n) is 4.08. The van der Waals surface area contributed by atoms with Crippen LogP contribution in [0.3, 0.4) is 0 Å². The Morgan fingerprint density at radius 1 is 1.29 bits per heavy atom. The van der Waals surface area contributed by atoms with Crippen LogP contribution in [0.2, 0.25) is 0 Å². The Kier molecular flexibility index (Phi) is 5.38. The van der Waals surface area contributed by atoms with E-state index in [2.05, 4.69) is 15.6 Å². The van der Waals surface area contributed by atoms with Crippen molar-refractivity contribution in [3.63, 3.8) is 0 Å². The van der Waals surface area contributed by atoms with E-state index in [-0.39, 0.29) is 24.3 Å². The van der Waals surface area contributed by atoms with Crippen LogP contribution in [-0.2, 0) is 4.74 Å². The van der Waals surface area contributed by atoms with E-state index in [9.17, 15) is 9.59 Å². The number of ether oxygens (including phenoxy) is 1. The molecule has 2 saturated heterocycles. The molecule has 2 aromatic rings. The second-order valence-electron chi connectivity index (χ2n) is 9.17. The molecule has 4 rings (SSSR count). The minimum absolute atomic E-state index is 0.118. The number of carbonyl (C=O) groups is 2. The molecular weight excluding hydrogens is 396 g/mol. The number of likely N-dealkylation sites (tertiary alicyclic amines) is 1. The summed E-state index contributed by atoms with van der Waals surface area (Å²) in [4.78, 5) is 33.1. The number of nitrogens with one attached hydrogen (secondary N) is 2. The predicted molar refractivity (Wildman–Crippen MR) is 119 cm³/mol. The lowest BCUT2D eigenvalue weighted by atomic mass is 10.1. The molecule has 0 radical (unpaired) electrons. The summed E-state index contributed by atoms with van der Waals surface area (Å²) < 4.78 is 5.53. The molecular formula is C22H30N6O3. The molecule has 31 heavy (non-hydrogen) atoms. The minimum atomic E-state index is -0.515. The number of amides is 3. The molecule has 1 aromatic heterocycles. The van der Waals surface area contributed by atoms with Gasteiger partial charge in [0.1, 0.15) is 17.6 Å². The van der Waals surface area contributed by atoms with Gasteiger partial charge in [-0.2, -0.15) is 5.01 Å². The topological polar surface area (TPSA) is 90.0 Å². The first kappa shape index (κ1) is 21.2. The molecule has 1 unspecified atom stereocenters. The lowest BCUT2D eigenvalue weighted by Gasteiger charge is -2.29. The molecule has 2 aliphatic rings. The number of pyridine rings is 1. The Morgan fingerprint density at radius 3 is 2.71 bits per heavy atom. The van der Waals surface area contributed by atoms with Crippen LogP contribution in [0.4, 0.5) is 15.4 Å². The summed E-state index contributed by atoms with van der Waals surface area (Å²) in [5.41, 5.74) is 2.96. The number of rotatable bonds is 3. The fraction of sp³-hybridized carbons (Fsp3) is 0.500. The van der Waals surface area contributed by atoms with E-state index >= 15 is 0 Å². The van der Waals surface area contributed by atoms with E-state index in [1.165, 1.54) is 0 Å². The third kappa shape index (κ3) is 4.36. The minimum Gasteiger partial charge on any atom is -0.444 e. The summed E-state index contributed by atoms with van der Waals surface area (Å²) in [7, 11) is 3.81. The molecule has 0 saturated carbocycles. The number of hydrogen-bond acceptors (Lipinski definition) is 6. The predicted octanol–water partition coefficient (Wildman–Crippen LogP) is 2.84. The molecule has 9 heteroatoms. The third-order valence-electron chi connectivity index (χ3n) is 5.65. The van der Waals surface area contributed by atoms with E-state index in [0.717, 1.165) is 28.7 Å². The van der Waals surface area contributed by atoms with Crippen LogP contribution in [0.5, 0.6) is 0 Å². The highest BCUT2D eigenvalue weighted by atomic mass is 16.6. The highest BCUT2D eigenvalue weighted by Gasteiger charge is 2.34. The normalized spacial score (nSPS) is 21.8. The Bertz CT molecular complexity index is 1000. The summed E-state index contributed by atoms with van der Waals surface area (Å²) in [5, 5.41) is 6.68. The molecule has 1 aromatic carbocycles. The van der Waals surface area contributed by atoms with E-state index in [4.69, 9.17) is 9.72 Å². The van der Waals surface area contributed by atoms with Gasteiger partial charge in [-0.1, -0.05) is 24.3 Å². The molecule has 0 bridgehead atoms. The van der Waals surface area contributed by atoms with Gasteiger partial charge in [-0.3, -0.25) is 5.43 Å². The maximum atomic E-state index is 12.5. The first-order chi connectivity index (χ1) is 14.6. The van der Waals surface area contributed by atoms with Gasteiger partial charge in [-0.15, -0.1) is 0 Å². The number of benzene rings is 1. The molecule has 0 spiro atoms. The largest absolute Gasteiger partial charge is 0.444 e. The van der Waals surface area contributed by atoms with E-state index in [1.54, 1.807) is 17.0 Å². The lowest BCUT2D eigenvalue weighted by molar-refractivity contribution is 0.0292. The van der Waals surface area contributed by atoms with Crippen molar-refractivity contribution in [2.75, 3.05) is 32.1 Å². The number of nitrogens with zero attached hydrogens (tertiary/aromatic N) is 4. The first-order valence-corrected chi connectivity index (χ1v) is 10.5. The van der Waals surface area contributed by atoms with E-state index < -0.39 is 5.60 Å². The average molecular weight is 427 g/mol. The number of carbonyl (C=O) groups excluding carboxylic acids is 2. The fourth-order valence-corrected chi connectivity index (χ4v) is 4.08. The molecule has 3 amide bonds. The number of hydrazine groups is 1. The Morgan fingerprint density at radius 2 is 2.03 bits per heavy atom. The molecule has 3 heterocycles. The van der Waals surface area contributed by atoms with Gasteiger partial charge in [0.15, 0.2) is 0 Å². The molecule has 9 nitrogen and oxygen atoms in total. The van der Waals surface area contributed by atoms with Crippen LogP contribution in [0.25, 0.3) is 10.8 Å². The van der Waals surface area contributed by atoms with Crippen LogP contribution < -0.4 is 15.6 Å². The zero-order valence-corrected chi connectivity index (χ0v) is 18.7. The van der Waals surface area contributed by atoms with Crippen molar-refractivity contribution in [3.8, 4) is 0 Å². The number of aromatic nitrogens is 1. The third-order valence-corrected chi connectivity index (χ3v) is 5.65. The van der Waals surface area contributed by atoms with Crippen molar-refractivity contribution >= 4 is 28.7 Å². The van der Waals surface area contributed by atoms with Crippen molar-refractivity contribution in [2.45, 2.75) is 45.0 Å². The van der Waals surface area contributed by atoms with Crippen LogP contribution >= 0.6 is 0 Å². The van der Waals surface area contributed by atoms with Crippen molar-refractivity contribution in [2.24, 2.45) is 0 Å². The summed E-state index contributed by atoms with van der Waals surface area (Å²) >= 11 is 0. The highest BCUT2D eigenvalue weighted by molar-refractivity contribution is 5.93. The second-order valence-corrected chi connectivity index (χ2v) is 9.17. The van der Waals surface area contributed by atoms with E-state index in [0.29, 0.717) is 13.1 Å². The number of hydrogen-bond donors (Lipinski definition) is 2. The standard InChI is InChI=1S/C22H30N6O3/c1-22(2,3)31-21(30)28-11-10-15(13-28)26(4)18-16-9-7-6-8-14(16)12-17(23-18)19-24-20(29)25-27(19)5/h6-9,12,15,19H,10-11,13H2,1-5H3,(H2,24,25,29)/t15-,19?/m0/s1. The van der Waals surface area contributed by atoms with Crippen LogP contribution in [-0.4, -0.2) is 65.8 Å². The Labute approximate surface area is 182 Å². The SMILES string of the molecule is CN1NC(=O)NC1c1cc2ccccc2c(N(C)[C@H]2CCN(C(=O)OC(C)(C)C)C2)n1. The maximum Gasteiger partial charge on any atom is 0.410 e. The van der Waals surface area contributed by atoms with Crippen molar-refractivity contribution in [3.05, 3.63) is 36.0 Å². The van der Waals surface area contributed by atoms with Gasteiger partial charge in [0.2, 0.25) is 0 Å². The van der Waals surface area contributed by atoms with Crippen molar-refractivity contribution in [1.82, 2.24) is 25.6 Å². The zero-order chi connectivity index (χ0) is 22.3. The summed E-state index contributed by atoms with van der Waals surface area (Å²) in [5.74, 6) is 0.832. The van der Waals surface area contributed by atoms with Crippen LogP contribution in [0.15, 0.2) is 30.3 Å². The van der Waals surface area contributed by atoms with Gasteiger partial charge in [0.25, 0.3) is 0 Å². The van der Waals surface area contributed by atoms with Gasteiger partial charge in [-0.05, 0) is 38.6 Å². The highest BCUT2D eigenvalue weighted by Crippen LogP contribution is 2.31. The van der Waals surface area contributed by atoms with Gasteiger partial charge >= 0.3 is 12.1 Å². The molecule has 2 fully saturated rings. The van der Waals surface area contributed by atoms with Gasteiger partial charge in [0, 0.05) is 38.6 Å². The number of likely N-dealkylation sites (N-methyl/N-ethyl adjacent to an activating group) is 1. The Balaban J connectivity index is 1.61. The number of urea groups is 1. The average Bonchev–Trinajstić information content (AvgIpc) is 3.32. The quantitative estimate of drug-likeness (QED) is 0.785. The molecule has 0 aliphatic carbocycles. The lowest BCUT2D eigenvalue weighted by Crippen LogP contribution is -2.39. The van der Waals surface area contributed by atoms with Crippen molar-refractivity contribution < 1.29 is 14.3 Å². The molecule has 2 N–H and O–H groups in total. The molecule has 2 aliphatic heterocycles. The summed E-state index contributed by atoms with van der Waals surface area (Å²) in [6.07, 6.45) is 0.194. The zero-order valence-electron chi connectivity index (χ0n) is 18.7. The monoisotopic (exact) mass is 426 g/mol. The van der Waals surface area contributed by atoms with Crippen LogP contribution in [0.1, 0.15) is 39.1 Å². The Hall–Kier alpha value is -3.07. The smallest absolute Gasteiger partial charge is 0.410 e. The number of fused-ring (bicyclic) bond motifs is 1. The molecule has 2 atom stereocenters. The summed E-state index contributed by atoms with van der Waals surface area (Å²) in [6, 6.07) is 9.95. The maximum absolute atomic E-state index is 12.5. The molecule has 166 valence electrons. The van der Waals surface area contributed by atoms with Crippen molar-refractivity contribution in [1.29, 1.82) is 0 Å². The van der Waals surface area contributed by atoms with E-state index in [1.807, 2.05) is 58.2 Å². The second kappa shape index (κ2) is 7.88. The van der Waals surface area contributed by atoms with Gasteiger partial charge in [0.05, 0.1) is 5.69 Å². The summed E-state index contributed by atoms with van der Waals surface area (Å²) in [6.45, 7) is 6.85. The number of anilines is 1. The van der Waals surface area contributed by atoms with Gasteiger partial charge in [-0.25, -0.2) is 14.6 Å².